The summed E-state index contributed by atoms with van der Waals surface area (Å²) in [4.78, 5) is 12.8. The molecule has 0 saturated carbocycles. The van der Waals surface area contributed by atoms with Gasteiger partial charge < -0.3 is 19.2 Å². The molecule has 0 spiro atoms. The number of carbonyl (C=O) groups is 1. The molecule has 2 aromatic carbocycles. The summed E-state index contributed by atoms with van der Waals surface area (Å²) < 4.78 is 16.5. The van der Waals surface area contributed by atoms with Crippen molar-refractivity contribution in [1.29, 1.82) is 0 Å². The zero-order valence-electron chi connectivity index (χ0n) is 16.5. The molecule has 0 fully saturated rings. The Kier molecular flexibility index (Phi) is 5.08. The Balaban J connectivity index is 1.24. The standard InChI is InChI=1S/C22H21N3O4S/c1-13(20(26)23-17-8-4-6-14-5-2-3-7-16(14)17)30-22-25-24-21(29-22)15-9-10-18-19(11-15)28-12-27-18/h2-3,5,7,9-11,13,17H,4,6,8,12H2,1H3,(H,23,26)/t13-,17+/m1/s1. The number of fused-ring (bicyclic) bond motifs is 2. The molecule has 0 saturated heterocycles. The lowest BCUT2D eigenvalue weighted by molar-refractivity contribution is -0.121. The van der Waals surface area contributed by atoms with Gasteiger partial charge in [-0.3, -0.25) is 4.79 Å². The topological polar surface area (TPSA) is 86.5 Å². The fourth-order valence-electron chi connectivity index (χ4n) is 3.80. The van der Waals surface area contributed by atoms with E-state index in [1.54, 1.807) is 6.07 Å². The van der Waals surface area contributed by atoms with Gasteiger partial charge in [0.2, 0.25) is 18.6 Å². The summed E-state index contributed by atoms with van der Waals surface area (Å²) in [5.41, 5.74) is 3.28. The van der Waals surface area contributed by atoms with Crippen LogP contribution in [-0.2, 0) is 11.2 Å². The molecule has 8 heteroatoms. The number of hydrogen-bond acceptors (Lipinski definition) is 7. The van der Waals surface area contributed by atoms with E-state index in [9.17, 15) is 4.79 Å². The lowest BCUT2D eigenvalue weighted by atomic mass is 9.88. The minimum Gasteiger partial charge on any atom is -0.454 e. The van der Waals surface area contributed by atoms with Gasteiger partial charge in [0, 0.05) is 5.56 Å². The molecule has 1 aliphatic carbocycles. The van der Waals surface area contributed by atoms with Gasteiger partial charge in [-0.25, -0.2) is 0 Å². The number of carbonyl (C=O) groups excluding carboxylic acids is 1. The van der Waals surface area contributed by atoms with Crippen molar-refractivity contribution >= 4 is 17.7 Å². The maximum atomic E-state index is 12.8. The van der Waals surface area contributed by atoms with Crippen LogP contribution < -0.4 is 14.8 Å². The number of nitrogens with zero attached hydrogens (tertiary/aromatic N) is 2. The number of aryl methyl sites for hydroxylation is 1. The van der Waals surface area contributed by atoms with Gasteiger partial charge >= 0.3 is 0 Å². The van der Waals surface area contributed by atoms with Gasteiger partial charge in [-0.15, -0.1) is 10.2 Å². The van der Waals surface area contributed by atoms with E-state index in [1.807, 2.05) is 25.1 Å². The number of hydrogen-bond donors (Lipinski definition) is 1. The molecule has 3 aromatic rings. The minimum atomic E-state index is -0.357. The summed E-state index contributed by atoms with van der Waals surface area (Å²) in [7, 11) is 0. The van der Waals surface area contributed by atoms with E-state index < -0.39 is 0 Å². The first kappa shape index (κ1) is 19.0. The number of aromatic nitrogens is 2. The van der Waals surface area contributed by atoms with Gasteiger partial charge in [-0.05, 0) is 55.5 Å². The fraction of sp³-hybridized carbons (Fsp3) is 0.318. The lowest BCUT2D eigenvalue weighted by Gasteiger charge is -2.27. The fourth-order valence-corrected chi connectivity index (χ4v) is 4.49. The third-order valence-electron chi connectivity index (χ3n) is 5.36. The van der Waals surface area contributed by atoms with Crippen LogP contribution in [0.25, 0.3) is 11.5 Å². The average molecular weight is 423 g/mol. The lowest BCUT2D eigenvalue weighted by Crippen LogP contribution is -2.35. The molecule has 1 N–H and O–H groups in total. The van der Waals surface area contributed by atoms with Crippen LogP contribution in [0.5, 0.6) is 11.5 Å². The number of rotatable bonds is 5. The quantitative estimate of drug-likeness (QED) is 0.617. The van der Waals surface area contributed by atoms with Gasteiger partial charge in [-0.2, -0.15) is 0 Å². The molecular formula is C22H21N3O4S. The third kappa shape index (κ3) is 3.75. The van der Waals surface area contributed by atoms with Crippen molar-refractivity contribution in [3.8, 4) is 23.0 Å². The number of ether oxygens (including phenoxy) is 2. The third-order valence-corrected chi connectivity index (χ3v) is 6.29. The zero-order valence-corrected chi connectivity index (χ0v) is 17.3. The Hall–Kier alpha value is -3.00. The molecule has 0 bridgehead atoms. The number of amides is 1. The highest BCUT2D eigenvalue weighted by molar-refractivity contribution is 8.00. The van der Waals surface area contributed by atoms with Gasteiger partial charge in [0.15, 0.2) is 11.5 Å². The SMILES string of the molecule is C[C@@H](Sc1nnc(-c2ccc3c(c2)OCO3)o1)C(=O)N[C@H]1CCCc2ccccc21. The van der Waals surface area contributed by atoms with E-state index in [0.717, 1.165) is 24.8 Å². The molecule has 2 aliphatic rings. The molecule has 154 valence electrons. The second kappa shape index (κ2) is 8.02. The Morgan fingerprint density at radius 3 is 2.97 bits per heavy atom. The van der Waals surface area contributed by atoms with Crippen molar-refractivity contribution < 1.29 is 18.7 Å². The maximum Gasteiger partial charge on any atom is 0.277 e. The second-order valence-corrected chi connectivity index (χ2v) is 8.65. The molecule has 0 unspecified atom stereocenters. The summed E-state index contributed by atoms with van der Waals surface area (Å²) in [6.45, 7) is 2.06. The van der Waals surface area contributed by atoms with Crippen molar-refractivity contribution in [2.24, 2.45) is 0 Å². The summed E-state index contributed by atoms with van der Waals surface area (Å²) >= 11 is 1.25. The van der Waals surface area contributed by atoms with E-state index in [1.165, 1.54) is 22.9 Å². The van der Waals surface area contributed by atoms with E-state index in [0.29, 0.717) is 22.6 Å². The first-order valence-electron chi connectivity index (χ1n) is 9.96. The van der Waals surface area contributed by atoms with Gasteiger partial charge in [0.1, 0.15) is 0 Å². The van der Waals surface area contributed by atoms with E-state index in [4.69, 9.17) is 13.9 Å². The van der Waals surface area contributed by atoms with Crippen LogP contribution in [0, 0.1) is 0 Å². The van der Waals surface area contributed by atoms with Crippen LogP contribution in [-0.4, -0.2) is 28.1 Å². The van der Waals surface area contributed by atoms with Crippen molar-refractivity contribution in [2.45, 2.75) is 42.7 Å². The van der Waals surface area contributed by atoms with Crippen molar-refractivity contribution in [2.75, 3.05) is 6.79 Å². The van der Waals surface area contributed by atoms with Crippen LogP contribution in [0.4, 0.5) is 0 Å². The number of benzene rings is 2. The molecule has 0 radical (unpaired) electrons. The molecule has 1 aromatic heterocycles. The first-order valence-corrected chi connectivity index (χ1v) is 10.8. The highest BCUT2D eigenvalue weighted by atomic mass is 32.2. The molecule has 1 amide bonds. The van der Waals surface area contributed by atoms with Crippen molar-refractivity contribution in [3.05, 3.63) is 53.6 Å². The summed E-state index contributed by atoms with van der Waals surface area (Å²) in [6, 6.07) is 13.8. The normalized spacial score (nSPS) is 18.0. The van der Waals surface area contributed by atoms with Crippen LogP contribution in [0.3, 0.4) is 0 Å². The predicted octanol–water partition coefficient (Wildman–Crippen LogP) is 4.14. The number of thioether (sulfide) groups is 1. The highest BCUT2D eigenvalue weighted by Crippen LogP contribution is 2.36. The summed E-state index contributed by atoms with van der Waals surface area (Å²) in [5.74, 6) is 1.69. The van der Waals surface area contributed by atoms with Gasteiger partial charge in [-0.1, -0.05) is 36.0 Å². The average Bonchev–Trinajstić information content (AvgIpc) is 3.42. The van der Waals surface area contributed by atoms with Gasteiger partial charge in [0.05, 0.1) is 11.3 Å². The molecule has 30 heavy (non-hydrogen) atoms. The molecule has 2 heterocycles. The Labute approximate surface area is 178 Å². The maximum absolute atomic E-state index is 12.8. The molecule has 5 rings (SSSR count). The minimum absolute atomic E-state index is 0.0375. The van der Waals surface area contributed by atoms with E-state index in [-0.39, 0.29) is 24.0 Å². The monoisotopic (exact) mass is 423 g/mol. The second-order valence-electron chi connectivity index (χ2n) is 7.35. The Bertz CT molecular complexity index is 1080. The van der Waals surface area contributed by atoms with Crippen LogP contribution >= 0.6 is 11.8 Å². The van der Waals surface area contributed by atoms with Crippen molar-refractivity contribution in [3.63, 3.8) is 0 Å². The smallest absolute Gasteiger partial charge is 0.277 e. The highest BCUT2D eigenvalue weighted by Gasteiger charge is 2.25. The summed E-state index contributed by atoms with van der Waals surface area (Å²) in [5, 5.41) is 11.4. The molecule has 7 nitrogen and oxygen atoms in total. The Morgan fingerprint density at radius 2 is 2.03 bits per heavy atom. The summed E-state index contributed by atoms with van der Waals surface area (Å²) in [6.07, 6.45) is 3.10. The van der Waals surface area contributed by atoms with Crippen LogP contribution in [0.15, 0.2) is 52.1 Å². The van der Waals surface area contributed by atoms with Gasteiger partial charge in [0.25, 0.3) is 5.22 Å². The van der Waals surface area contributed by atoms with E-state index in [2.05, 4.69) is 33.7 Å². The van der Waals surface area contributed by atoms with Crippen molar-refractivity contribution in [1.82, 2.24) is 15.5 Å². The Morgan fingerprint density at radius 1 is 1.17 bits per heavy atom. The molecule has 1 aliphatic heterocycles. The largest absolute Gasteiger partial charge is 0.454 e. The zero-order chi connectivity index (χ0) is 20.5. The van der Waals surface area contributed by atoms with Crippen LogP contribution in [0.1, 0.15) is 36.9 Å². The number of nitrogens with one attached hydrogen (secondary N) is 1. The molecule has 2 atom stereocenters. The van der Waals surface area contributed by atoms with E-state index >= 15 is 0 Å². The van der Waals surface area contributed by atoms with Crippen LogP contribution in [0.2, 0.25) is 0 Å². The first-order chi connectivity index (χ1) is 14.7. The molecular weight excluding hydrogens is 402 g/mol. The predicted molar refractivity (Wildman–Crippen MR) is 111 cm³/mol.